The van der Waals surface area contributed by atoms with E-state index in [-0.39, 0.29) is 11.6 Å². The number of para-hydroxylation sites is 1. The molecule has 0 fully saturated rings. The fourth-order valence-corrected chi connectivity index (χ4v) is 3.01. The highest BCUT2D eigenvalue weighted by Crippen LogP contribution is 2.25. The Labute approximate surface area is 165 Å². The van der Waals surface area contributed by atoms with Gasteiger partial charge in [0.25, 0.3) is 0 Å². The molecule has 4 aromatic rings. The molecule has 2 amide bonds. The summed E-state index contributed by atoms with van der Waals surface area (Å²) in [6.45, 7) is 0. The highest BCUT2D eigenvalue weighted by Gasteiger charge is 2.20. The SMILES string of the molecule is Cn1cc(C(=O)c2cncc(NC(=O)Nc3ccccc3)c2)c2c(N)ncnc21. The minimum atomic E-state index is -0.439. The van der Waals surface area contributed by atoms with Gasteiger partial charge in [-0.25, -0.2) is 14.8 Å². The molecular weight excluding hydrogens is 370 g/mol. The molecule has 0 aliphatic carbocycles. The highest BCUT2D eigenvalue weighted by molar-refractivity contribution is 6.18. The number of nitrogens with two attached hydrogens (primary N) is 1. The van der Waals surface area contributed by atoms with E-state index in [1.54, 1.807) is 36.0 Å². The van der Waals surface area contributed by atoms with Crippen molar-refractivity contribution in [2.45, 2.75) is 0 Å². The molecular formula is C20H17N7O2. The lowest BCUT2D eigenvalue weighted by Gasteiger charge is -2.08. The molecule has 0 spiro atoms. The van der Waals surface area contributed by atoms with Gasteiger partial charge in [-0.3, -0.25) is 9.78 Å². The number of benzene rings is 1. The van der Waals surface area contributed by atoms with Crippen LogP contribution in [0.1, 0.15) is 15.9 Å². The summed E-state index contributed by atoms with van der Waals surface area (Å²) >= 11 is 0. The second-order valence-electron chi connectivity index (χ2n) is 6.35. The highest BCUT2D eigenvalue weighted by atomic mass is 16.2. The molecule has 3 aromatic heterocycles. The topological polar surface area (TPSA) is 128 Å². The van der Waals surface area contributed by atoms with Crippen LogP contribution in [0.25, 0.3) is 11.0 Å². The standard InChI is InChI=1S/C20H17N7O2/c1-27-10-15(16-18(21)23-11-24-19(16)27)17(28)12-7-14(9-22-8-12)26-20(29)25-13-5-3-2-4-6-13/h2-11H,1H3,(H2,21,23,24)(H2,25,26,29). The van der Waals surface area contributed by atoms with Gasteiger partial charge in [-0.05, 0) is 18.2 Å². The molecule has 0 atom stereocenters. The average molecular weight is 387 g/mol. The fraction of sp³-hybridized carbons (Fsp3) is 0.0500. The van der Waals surface area contributed by atoms with Gasteiger partial charge in [0.2, 0.25) is 0 Å². The molecule has 4 N–H and O–H groups in total. The number of nitrogen functional groups attached to an aromatic ring is 1. The lowest BCUT2D eigenvalue weighted by atomic mass is 10.1. The van der Waals surface area contributed by atoms with Crippen molar-refractivity contribution in [3.63, 3.8) is 0 Å². The first kappa shape index (κ1) is 18.1. The van der Waals surface area contributed by atoms with Crippen LogP contribution in [0.3, 0.4) is 0 Å². The lowest BCUT2D eigenvalue weighted by molar-refractivity contribution is 0.103. The van der Waals surface area contributed by atoms with Gasteiger partial charge in [-0.15, -0.1) is 0 Å². The summed E-state index contributed by atoms with van der Waals surface area (Å²) < 4.78 is 1.71. The summed E-state index contributed by atoms with van der Waals surface area (Å²) in [5.41, 5.74) is 8.22. The first-order chi connectivity index (χ1) is 14.0. The number of aromatic nitrogens is 4. The van der Waals surface area contributed by atoms with E-state index in [2.05, 4.69) is 25.6 Å². The molecule has 1 aromatic carbocycles. The third kappa shape index (κ3) is 3.61. The van der Waals surface area contributed by atoms with Crippen molar-refractivity contribution in [1.29, 1.82) is 0 Å². The number of hydrogen-bond donors (Lipinski definition) is 3. The molecule has 0 saturated carbocycles. The number of rotatable bonds is 4. The maximum atomic E-state index is 13.1. The zero-order valence-electron chi connectivity index (χ0n) is 15.5. The van der Waals surface area contributed by atoms with Gasteiger partial charge in [-0.1, -0.05) is 18.2 Å². The van der Waals surface area contributed by atoms with E-state index in [4.69, 9.17) is 5.73 Å². The largest absolute Gasteiger partial charge is 0.383 e. The van der Waals surface area contributed by atoms with Crippen molar-refractivity contribution < 1.29 is 9.59 Å². The summed E-state index contributed by atoms with van der Waals surface area (Å²) in [5.74, 6) is -0.0693. The Morgan fingerprint density at radius 3 is 2.59 bits per heavy atom. The predicted octanol–water partition coefficient (Wildman–Crippen LogP) is 2.82. The fourth-order valence-electron chi connectivity index (χ4n) is 3.01. The van der Waals surface area contributed by atoms with E-state index >= 15 is 0 Å². The molecule has 9 heteroatoms. The van der Waals surface area contributed by atoms with E-state index in [0.29, 0.717) is 33.5 Å². The summed E-state index contributed by atoms with van der Waals surface area (Å²) in [5, 5.41) is 5.86. The van der Waals surface area contributed by atoms with Crippen LogP contribution in [0.4, 0.5) is 22.0 Å². The minimum absolute atomic E-state index is 0.225. The maximum Gasteiger partial charge on any atom is 0.323 e. The molecule has 0 bridgehead atoms. The second-order valence-corrected chi connectivity index (χ2v) is 6.35. The average Bonchev–Trinajstić information content (AvgIpc) is 3.06. The third-order valence-electron chi connectivity index (χ3n) is 4.32. The van der Waals surface area contributed by atoms with E-state index in [1.165, 1.54) is 18.7 Å². The Hall–Kier alpha value is -4.27. The normalized spacial score (nSPS) is 10.7. The summed E-state index contributed by atoms with van der Waals surface area (Å²) in [6, 6.07) is 10.1. The maximum absolute atomic E-state index is 13.1. The number of hydrogen-bond acceptors (Lipinski definition) is 6. The van der Waals surface area contributed by atoms with E-state index in [0.717, 1.165) is 0 Å². The molecule has 144 valence electrons. The van der Waals surface area contributed by atoms with Crippen LogP contribution in [0, 0.1) is 0 Å². The van der Waals surface area contributed by atoms with Crippen LogP contribution >= 0.6 is 0 Å². The van der Waals surface area contributed by atoms with Gasteiger partial charge < -0.3 is 20.9 Å². The van der Waals surface area contributed by atoms with Crippen molar-refractivity contribution in [3.05, 3.63) is 72.4 Å². The Balaban J connectivity index is 1.59. The number of pyridine rings is 1. The molecule has 0 saturated heterocycles. The number of anilines is 3. The predicted molar refractivity (Wildman–Crippen MR) is 110 cm³/mol. The molecule has 0 unspecified atom stereocenters. The number of carbonyl (C=O) groups is 2. The number of carbonyl (C=O) groups excluding carboxylic acids is 2. The molecule has 29 heavy (non-hydrogen) atoms. The Kier molecular flexibility index (Phi) is 4.62. The second kappa shape index (κ2) is 7.39. The Morgan fingerprint density at radius 1 is 1.03 bits per heavy atom. The van der Waals surface area contributed by atoms with Crippen LogP contribution in [0.15, 0.2) is 61.3 Å². The van der Waals surface area contributed by atoms with E-state index in [1.807, 2.05) is 18.2 Å². The van der Waals surface area contributed by atoms with Crippen molar-refractivity contribution in [2.75, 3.05) is 16.4 Å². The van der Waals surface area contributed by atoms with Crippen molar-refractivity contribution in [1.82, 2.24) is 19.5 Å². The van der Waals surface area contributed by atoms with Gasteiger partial charge in [0.05, 0.1) is 22.8 Å². The van der Waals surface area contributed by atoms with Crippen LogP contribution in [-0.2, 0) is 7.05 Å². The third-order valence-corrected chi connectivity index (χ3v) is 4.32. The van der Waals surface area contributed by atoms with Crippen molar-refractivity contribution >= 4 is 40.0 Å². The molecule has 0 aliphatic heterocycles. The molecule has 0 aliphatic rings. The number of nitrogens with zero attached hydrogens (tertiary/aromatic N) is 4. The summed E-state index contributed by atoms with van der Waals surface area (Å²) in [6.07, 6.45) is 5.90. The van der Waals surface area contributed by atoms with Crippen LogP contribution in [0.2, 0.25) is 0 Å². The van der Waals surface area contributed by atoms with Gasteiger partial charge in [0.1, 0.15) is 17.8 Å². The van der Waals surface area contributed by atoms with Gasteiger partial charge in [0.15, 0.2) is 5.78 Å². The van der Waals surface area contributed by atoms with Crippen LogP contribution < -0.4 is 16.4 Å². The van der Waals surface area contributed by atoms with E-state index in [9.17, 15) is 9.59 Å². The Morgan fingerprint density at radius 2 is 1.79 bits per heavy atom. The molecule has 0 radical (unpaired) electrons. The number of nitrogens with one attached hydrogen (secondary N) is 2. The number of ketones is 1. The van der Waals surface area contributed by atoms with E-state index < -0.39 is 6.03 Å². The van der Waals surface area contributed by atoms with Crippen LogP contribution in [0.5, 0.6) is 0 Å². The van der Waals surface area contributed by atoms with Crippen LogP contribution in [-0.4, -0.2) is 31.3 Å². The molecule has 4 rings (SSSR count). The number of urea groups is 1. The van der Waals surface area contributed by atoms with Crippen molar-refractivity contribution in [3.8, 4) is 0 Å². The lowest BCUT2D eigenvalue weighted by Crippen LogP contribution is -2.19. The van der Waals surface area contributed by atoms with Gasteiger partial charge >= 0.3 is 6.03 Å². The molecule has 3 heterocycles. The Bertz CT molecular complexity index is 1220. The first-order valence-corrected chi connectivity index (χ1v) is 8.71. The summed E-state index contributed by atoms with van der Waals surface area (Å²) in [4.78, 5) is 37.5. The van der Waals surface area contributed by atoms with Gasteiger partial charge in [0, 0.05) is 30.7 Å². The number of fused-ring (bicyclic) bond motifs is 1. The number of aryl methyl sites for hydroxylation is 1. The quantitative estimate of drug-likeness (QED) is 0.462. The monoisotopic (exact) mass is 387 g/mol. The van der Waals surface area contributed by atoms with Gasteiger partial charge in [-0.2, -0.15) is 0 Å². The molecule has 9 nitrogen and oxygen atoms in total. The zero-order chi connectivity index (χ0) is 20.4. The smallest absolute Gasteiger partial charge is 0.323 e. The minimum Gasteiger partial charge on any atom is -0.383 e. The van der Waals surface area contributed by atoms with Crippen molar-refractivity contribution in [2.24, 2.45) is 7.05 Å². The zero-order valence-corrected chi connectivity index (χ0v) is 15.5. The first-order valence-electron chi connectivity index (χ1n) is 8.71. The summed E-state index contributed by atoms with van der Waals surface area (Å²) in [7, 11) is 1.77. The number of amides is 2.